The van der Waals surface area contributed by atoms with Crippen molar-refractivity contribution in [3.63, 3.8) is 0 Å². The van der Waals surface area contributed by atoms with Gasteiger partial charge in [-0.25, -0.2) is 4.79 Å². The van der Waals surface area contributed by atoms with Crippen LogP contribution in [0.15, 0.2) is 18.3 Å². The molecule has 17 heavy (non-hydrogen) atoms. The van der Waals surface area contributed by atoms with Crippen molar-refractivity contribution in [3.05, 3.63) is 29.6 Å². The van der Waals surface area contributed by atoms with Crippen molar-refractivity contribution < 1.29 is 14.1 Å². The summed E-state index contributed by atoms with van der Waals surface area (Å²) in [6.45, 7) is 2.49. The zero-order valence-electron chi connectivity index (χ0n) is 9.84. The van der Waals surface area contributed by atoms with Crippen molar-refractivity contribution in [2.45, 2.75) is 19.5 Å². The van der Waals surface area contributed by atoms with E-state index < -0.39 is 16.8 Å². The van der Waals surface area contributed by atoms with Gasteiger partial charge >= 0.3 is 5.97 Å². The summed E-state index contributed by atoms with van der Waals surface area (Å²) in [5, 5.41) is 11.9. The van der Waals surface area contributed by atoms with Gasteiger partial charge in [0.1, 0.15) is 0 Å². The summed E-state index contributed by atoms with van der Waals surface area (Å²) in [7, 11) is -0.824. The summed E-state index contributed by atoms with van der Waals surface area (Å²) >= 11 is 0. The van der Waals surface area contributed by atoms with Crippen molar-refractivity contribution in [3.8, 4) is 0 Å². The Hall–Kier alpha value is -1.27. The Morgan fingerprint density at radius 1 is 1.59 bits per heavy atom. The molecule has 1 aromatic heterocycles. The van der Waals surface area contributed by atoms with Crippen molar-refractivity contribution in [2.75, 3.05) is 12.0 Å². The molecule has 0 amide bonds. The van der Waals surface area contributed by atoms with Gasteiger partial charge < -0.3 is 10.4 Å². The second-order valence-electron chi connectivity index (χ2n) is 3.87. The van der Waals surface area contributed by atoms with E-state index in [1.165, 1.54) is 12.3 Å². The normalized spacial score (nSPS) is 14.2. The van der Waals surface area contributed by atoms with E-state index in [2.05, 4.69) is 10.3 Å². The zero-order valence-corrected chi connectivity index (χ0v) is 10.7. The minimum Gasteiger partial charge on any atom is -0.478 e. The molecule has 0 aliphatic rings. The van der Waals surface area contributed by atoms with Gasteiger partial charge in [0.15, 0.2) is 0 Å². The SMILES string of the molecule is CC(CS(C)=O)NCc1ccc(C(=O)O)cn1. The average Bonchev–Trinajstić information content (AvgIpc) is 2.26. The lowest BCUT2D eigenvalue weighted by Gasteiger charge is -2.11. The first-order valence-corrected chi connectivity index (χ1v) is 6.93. The van der Waals surface area contributed by atoms with Gasteiger partial charge in [-0.3, -0.25) is 9.19 Å². The van der Waals surface area contributed by atoms with Crippen LogP contribution in [0.3, 0.4) is 0 Å². The molecule has 94 valence electrons. The summed E-state index contributed by atoms with van der Waals surface area (Å²) in [6, 6.07) is 3.34. The number of rotatable bonds is 6. The van der Waals surface area contributed by atoms with Gasteiger partial charge in [0.05, 0.1) is 11.3 Å². The standard InChI is InChI=1S/C11H16N2O3S/c1-8(7-17(2)16)12-6-10-4-3-9(5-13-10)11(14)15/h3-5,8,12H,6-7H2,1-2H3,(H,14,15). The Balaban J connectivity index is 2.47. The summed E-state index contributed by atoms with van der Waals surface area (Å²) in [5.74, 6) is -0.389. The van der Waals surface area contributed by atoms with Gasteiger partial charge in [-0.2, -0.15) is 0 Å². The summed E-state index contributed by atoms with van der Waals surface area (Å²) in [5.41, 5.74) is 0.945. The quantitative estimate of drug-likeness (QED) is 0.780. The number of aromatic nitrogens is 1. The molecule has 0 aromatic carbocycles. The minimum absolute atomic E-state index is 0.141. The van der Waals surface area contributed by atoms with Crippen LogP contribution in [0, 0.1) is 0 Å². The fourth-order valence-corrected chi connectivity index (χ4v) is 2.17. The fourth-order valence-electron chi connectivity index (χ4n) is 1.35. The molecule has 0 aliphatic heterocycles. The molecule has 5 nitrogen and oxygen atoms in total. The number of hydrogen-bond donors (Lipinski definition) is 2. The lowest BCUT2D eigenvalue weighted by atomic mass is 10.2. The maximum Gasteiger partial charge on any atom is 0.337 e. The van der Waals surface area contributed by atoms with Crippen LogP contribution >= 0.6 is 0 Å². The molecule has 2 unspecified atom stereocenters. The summed E-state index contributed by atoms with van der Waals surface area (Å²) in [6.07, 6.45) is 3.00. The molecular weight excluding hydrogens is 240 g/mol. The molecule has 2 N–H and O–H groups in total. The van der Waals surface area contributed by atoms with Crippen LogP contribution < -0.4 is 5.32 Å². The second-order valence-corrected chi connectivity index (χ2v) is 5.34. The van der Waals surface area contributed by atoms with E-state index in [4.69, 9.17) is 5.11 Å². The number of carboxylic acids is 1. The van der Waals surface area contributed by atoms with Crippen LogP contribution in [0.2, 0.25) is 0 Å². The number of aromatic carboxylic acids is 1. The van der Waals surface area contributed by atoms with Crippen molar-refractivity contribution in [2.24, 2.45) is 0 Å². The molecule has 0 saturated carbocycles. The van der Waals surface area contributed by atoms with Crippen LogP contribution in [0.5, 0.6) is 0 Å². The molecule has 1 aromatic rings. The Bertz CT molecular complexity index is 406. The van der Waals surface area contributed by atoms with Crippen LogP contribution in [0.4, 0.5) is 0 Å². The number of pyridine rings is 1. The largest absolute Gasteiger partial charge is 0.478 e. The van der Waals surface area contributed by atoms with Crippen LogP contribution in [0.1, 0.15) is 23.0 Å². The first-order valence-electron chi connectivity index (χ1n) is 5.20. The predicted molar refractivity (Wildman–Crippen MR) is 66.4 cm³/mol. The van der Waals surface area contributed by atoms with Crippen LogP contribution in [-0.2, 0) is 17.3 Å². The van der Waals surface area contributed by atoms with E-state index >= 15 is 0 Å². The smallest absolute Gasteiger partial charge is 0.337 e. The Morgan fingerprint density at radius 3 is 2.76 bits per heavy atom. The minimum atomic E-state index is -0.980. The molecule has 1 rings (SSSR count). The molecule has 2 atom stereocenters. The number of nitrogens with zero attached hydrogens (tertiary/aromatic N) is 1. The molecular formula is C11H16N2O3S. The van der Waals surface area contributed by atoms with Crippen LogP contribution in [0.25, 0.3) is 0 Å². The lowest BCUT2D eigenvalue weighted by molar-refractivity contribution is 0.0696. The van der Waals surface area contributed by atoms with Crippen molar-refractivity contribution in [1.82, 2.24) is 10.3 Å². The molecule has 0 aliphatic carbocycles. The van der Waals surface area contributed by atoms with E-state index in [0.717, 1.165) is 5.69 Å². The first-order chi connectivity index (χ1) is 7.99. The molecule has 0 spiro atoms. The topological polar surface area (TPSA) is 79.3 Å². The third-order valence-electron chi connectivity index (χ3n) is 2.19. The summed E-state index contributed by atoms with van der Waals surface area (Å²) in [4.78, 5) is 14.6. The zero-order chi connectivity index (χ0) is 12.8. The third kappa shape index (κ3) is 5.06. The number of carbonyl (C=O) groups is 1. The third-order valence-corrected chi connectivity index (χ3v) is 3.16. The molecule has 0 saturated heterocycles. The first kappa shape index (κ1) is 13.8. The van der Waals surface area contributed by atoms with E-state index in [1.807, 2.05) is 6.92 Å². The molecule has 1 heterocycles. The van der Waals surface area contributed by atoms with Crippen LogP contribution in [-0.4, -0.2) is 38.3 Å². The van der Waals surface area contributed by atoms with Gasteiger partial charge in [0.2, 0.25) is 0 Å². The monoisotopic (exact) mass is 256 g/mol. The van der Waals surface area contributed by atoms with Gasteiger partial charge in [-0.15, -0.1) is 0 Å². The maximum absolute atomic E-state index is 11.0. The highest BCUT2D eigenvalue weighted by Crippen LogP contribution is 2.00. The van der Waals surface area contributed by atoms with Gasteiger partial charge in [0, 0.05) is 41.6 Å². The van der Waals surface area contributed by atoms with E-state index in [-0.39, 0.29) is 11.6 Å². The van der Waals surface area contributed by atoms with E-state index in [0.29, 0.717) is 12.3 Å². The average molecular weight is 256 g/mol. The van der Waals surface area contributed by atoms with Gasteiger partial charge in [-0.1, -0.05) is 0 Å². The molecule has 0 radical (unpaired) electrons. The Kier molecular flexibility index (Phi) is 5.24. The number of hydrogen-bond acceptors (Lipinski definition) is 4. The van der Waals surface area contributed by atoms with Crippen molar-refractivity contribution in [1.29, 1.82) is 0 Å². The lowest BCUT2D eigenvalue weighted by Crippen LogP contribution is -2.30. The summed E-state index contributed by atoms with van der Waals surface area (Å²) < 4.78 is 11.0. The highest BCUT2D eigenvalue weighted by atomic mass is 32.2. The number of nitrogens with one attached hydrogen (secondary N) is 1. The predicted octanol–water partition coefficient (Wildman–Crippen LogP) is 0.636. The van der Waals surface area contributed by atoms with E-state index in [1.54, 1.807) is 12.3 Å². The van der Waals surface area contributed by atoms with Gasteiger partial charge in [-0.05, 0) is 19.1 Å². The second kappa shape index (κ2) is 6.46. The Labute approximate surface area is 103 Å². The number of carboxylic acid groups (broad SMARTS) is 1. The Morgan fingerprint density at radius 2 is 2.29 bits per heavy atom. The molecule has 0 bridgehead atoms. The van der Waals surface area contributed by atoms with Gasteiger partial charge in [0.25, 0.3) is 0 Å². The van der Waals surface area contributed by atoms with Crippen molar-refractivity contribution >= 4 is 16.8 Å². The highest BCUT2D eigenvalue weighted by Gasteiger charge is 2.05. The molecule has 6 heteroatoms. The fraction of sp³-hybridized carbons (Fsp3) is 0.455. The maximum atomic E-state index is 11.0. The van der Waals surface area contributed by atoms with E-state index in [9.17, 15) is 9.00 Å². The molecule has 0 fully saturated rings. The highest BCUT2D eigenvalue weighted by molar-refractivity contribution is 7.84.